The van der Waals surface area contributed by atoms with Crippen molar-refractivity contribution in [1.82, 2.24) is 4.98 Å². The Kier molecular flexibility index (Phi) is 4.19. The summed E-state index contributed by atoms with van der Waals surface area (Å²) in [7, 11) is -3.67. The molecule has 3 N–H and O–H groups in total. The zero-order chi connectivity index (χ0) is 14.6. The minimum atomic E-state index is -3.67. The number of benzene rings is 1. The van der Waals surface area contributed by atoms with Crippen molar-refractivity contribution in [3.63, 3.8) is 0 Å². The number of nitrogens with zero attached hydrogens (tertiary/aromatic N) is 1. The number of nitrogen functional groups attached to an aromatic ring is 1. The van der Waals surface area contributed by atoms with Gasteiger partial charge in [-0.25, -0.2) is 12.8 Å². The van der Waals surface area contributed by atoms with Crippen molar-refractivity contribution < 1.29 is 12.8 Å². The van der Waals surface area contributed by atoms with E-state index in [2.05, 4.69) is 9.71 Å². The zero-order valence-corrected chi connectivity index (χ0v) is 11.4. The fourth-order valence-corrected chi connectivity index (χ4v) is 2.79. The smallest absolute Gasteiger partial charge is 0.233 e. The Morgan fingerprint density at radius 1 is 1.20 bits per heavy atom. The molecule has 1 aromatic carbocycles. The molecule has 0 radical (unpaired) electrons. The molecule has 106 valence electrons. The van der Waals surface area contributed by atoms with E-state index in [4.69, 9.17) is 5.73 Å². The molecule has 0 bridgehead atoms. The maximum absolute atomic E-state index is 13.5. The van der Waals surface area contributed by atoms with Crippen LogP contribution in [0.5, 0.6) is 0 Å². The number of hydrogen-bond donors (Lipinski definition) is 2. The Bertz CT molecular complexity index is 670. The molecule has 20 heavy (non-hydrogen) atoms. The number of halogens is 1. The third-order valence-electron chi connectivity index (χ3n) is 2.71. The first-order chi connectivity index (χ1) is 9.48. The molecule has 2 aromatic rings. The first kappa shape index (κ1) is 14.3. The number of anilines is 2. The van der Waals surface area contributed by atoms with Crippen LogP contribution in [0.3, 0.4) is 0 Å². The average molecular weight is 295 g/mol. The molecular weight excluding hydrogens is 281 g/mol. The predicted molar refractivity (Wildman–Crippen MR) is 76.2 cm³/mol. The van der Waals surface area contributed by atoms with Crippen molar-refractivity contribution in [2.24, 2.45) is 0 Å². The van der Waals surface area contributed by atoms with Crippen LogP contribution in [0.4, 0.5) is 15.8 Å². The third-order valence-corrected chi connectivity index (χ3v) is 3.97. The molecule has 0 fully saturated rings. The molecule has 1 aromatic heterocycles. The summed E-state index contributed by atoms with van der Waals surface area (Å²) in [5, 5.41) is 0. The zero-order valence-electron chi connectivity index (χ0n) is 10.6. The van der Waals surface area contributed by atoms with Crippen LogP contribution < -0.4 is 10.5 Å². The molecule has 7 heteroatoms. The van der Waals surface area contributed by atoms with Gasteiger partial charge in [0.15, 0.2) is 0 Å². The van der Waals surface area contributed by atoms with Gasteiger partial charge in [-0.05, 0) is 36.2 Å². The van der Waals surface area contributed by atoms with Crippen LogP contribution >= 0.6 is 0 Å². The lowest BCUT2D eigenvalue weighted by Gasteiger charge is -2.11. The largest absolute Gasteiger partial charge is 0.397 e. The molecule has 0 aliphatic carbocycles. The minimum Gasteiger partial charge on any atom is -0.397 e. The fourth-order valence-electron chi connectivity index (χ4n) is 1.66. The molecule has 0 saturated carbocycles. The molecule has 0 spiro atoms. The van der Waals surface area contributed by atoms with Gasteiger partial charge in [-0.15, -0.1) is 0 Å². The summed E-state index contributed by atoms with van der Waals surface area (Å²) in [6, 6.07) is 7.46. The van der Waals surface area contributed by atoms with Gasteiger partial charge in [-0.3, -0.25) is 9.71 Å². The highest BCUT2D eigenvalue weighted by Crippen LogP contribution is 2.23. The number of para-hydroxylation sites is 1. The van der Waals surface area contributed by atoms with Crippen molar-refractivity contribution >= 4 is 21.4 Å². The molecule has 0 unspecified atom stereocenters. The molecule has 2 rings (SSSR count). The van der Waals surface area contributed by atoms with E-state index in [1.54, 1.807) is 24.5 Å². The van der Waals surface area contributed by atoms with Crippen LogP contribution in [0.25, 0.3) is 0 Å². The van der Waals surface area contributed by atoms with Crippen LogP contribution in [-0.4, -0.2) is 19.2 Å². The van der Waals surface area contributed by atoms with E-state index >= 15 is 0 Å². The summed E-state index contributed by atoms with van der Waals surface area (Å²) in [5.41, 5.74) is 6.25. The lowest BCUT2D eigenvalue weighted by Crippen LogP contribution is -2.19. The summed E-state index contributed by atoms with van der Waals surface area (Å²) in [6.07, 6.45) is 3.49. The summed E-state index contributed by atoms with van der Waals surface area (Å²) >= 11 is 0. The fraction of sp³-hybridized carbons (Fsp3) is 0.154. The van der Waals surface area contributed by atoms with Gasteiger partial charge in [0, 0.05) is 12.4 Å². The van der Waals surface area contributed by atoms with Crippen molar-refractivity contribution in [2.45, 2.75) is 6.42 Å². The van der Waals surface area contributed by atoms with E-state index in [-0.39, 0.29) is 17.1 Å². The van der Waals surface area contributed by atoms with Crippen molar-refractivity contribution in [2.75, 3.05) is 16.2 Å². The Morgan fingerprint density at radius 3 is 2.55 bits per heavy atom. The van der Waals surface area contributed by atoms with Gasteiger partial charge in [0.1, 0.15) is 11.5 Å². The predicted octanol–water partition coefficient (Wildman–Crippen LogP) is 1.79. The second-order valence-electron chi connectivity index (χ2n) is 4.23. The Balaban J connectivity index is 2.08. The van der Waals surface area contributed by atoms with Crippen LogP contribution in [0, 0.1) is 5.82 Å². The number of sulfonamides is 1. The number of aryl methyl sites for hydroxylation is 1. The van der Waals surface area contributed by atoms with E-state index in [1.165, 1.54) is 12.1 Å². The highest BCUT2D eigenvalue weighted by molar-refractivity contribution is 7.92. The summed E-state index contributed by atoms with van der Waals surface area (Å²) in [4.78, 5) is 3.85. The first-order valence-electron chi connectivity index (χ1n) is 5.91. The number of aromatic nitrogens is 1. The summed E-state index contributed by atoms with van der Waals surface area (Å²) < 4.78 is 39.6. The average Bonchev–Trinajstić information content (AvgIpc) is 2.42. The van der Waals surface area contributed by atoms with Gasteiger partial charge in [0.2, 0.25) is 10.0 Å². The lowest BCUT2D eigenvalue weighted by atomic mass is 10.2. The van der Waals surface area contributed by atoms with Crippen LogP contribution in [0.15, 0.2) is 42.7 Å². The van der Waals surface area contributed by atoms with Gasteiger partial charge in [-0.2, -0.15) is 0 Å². The maximum Gasteiger partial charge on any atom is 0.233 e. The van der Waals surface area contributed by atoms with Crippen LogP contribution in [0.2, 0.25) is 0 Å². The lowest BCUT2D eigenvalue weighted by molar-refractivity contribution is 0.598. The molecule has 5 nitrogen and oxygen atoms in total. The first-order valence-corrected chi connectivity index (χ1v) is 7.56. The Labute approximate surface area is 116 Å². The SMILES string of the molecule is Nc1cccc(F)c1NS(=O)(=O)CCc1ccncc1. The Morgan fingerprint density at radius 2 is 1.90 bits per heavy atom. The quantitative estimate of drug-likeness (QED) is 0.823. The highest BCUT2D eigenvalue weighted by atomic mass is 32.2. The molecule has 0 amide bonds. The number of nitrogens with two attached hydrogens (primary N) is 1. The number of rotatable bonds is 5. The number of pyridine rings is 1. The standard InChI is InChI=1S/C13H14FN3O2S/c14-11-2-1-3-12(15)13(11)17-20(18,19)9-6-10-4-7-16-8-5-10/h1-5,7-8,17H,6,9,15H2. The Hall–Kier alpha value is -2.15. The second-order valence-corrected chi connectivity index (χ2v) is 6.07. The normalized spacial score (nSPS) is 11.2. The summed E-state index contributed by atoms with van der Waals surface area (Å²) in [5.74, 6) is -0.859. The maximum atomic E-state index is 13.5. The van der Waals surface area contributed by atoms with Crippen LogP contribution in [0.1, 0.15) is 5.56 Å². The van der Waals surface area contributed by atoms with E-state index in [0.29, 0.717) is 6.42 Å². The topological polar surface area (TPSA) is 85.1 Å². The van der Waals surface area contributed by atoms with Crippen molar-refractivity contribution in [3.05, 3.63) is 54.1 Å². The van der Waals surface area contributed by atoms with E-state index in [9.17, 15) is 12.8 Å². The van der Waals surface area contributed by atoms with E-state index in [1.807, 2.05) is 0 Å². The van der Waals surface area contributed by atoms with Crippen molar-refractivity contribution in [3.8, 4) is 0 Å². The minimum absolute atomic E-state index is 0.0532. The van der Waals surface area contributed by atoms with Gasteiger partial charge >= 0.3 is 0 Å². The molecule has 0 aliphatic rings. The molecule has 0 aliphatic heterocycles. The highest BCUT2D eigenvalue weighted by Gasteiger charge is 2.15. The van der Waals surface area contributed by atoms with Gasteiger partial charge < -0.3 is 5.73 Å². The van der Waals surface area contributed by atoms with Crippen molar-refractivity contribution in [1.29, 1.82) is 0 Å². The number of hydrogen-bond acceptors (Lipinski definition) is 4. The van der Waals surface area contributed by atoms with Crippen LogP contribution in [-0.2, 0) is 16.4 Å². The monoisotopic (exact) mass is 295 g/mol. The molecule has 0 atom stereocenters. The van der Waals surface area contributed by atoms with E-state index in [0.717, 1.165) is 11.6 Å². The van der Waals surface area contributed by atoms with Gasteiger partial charge in [0.25, 0.3) is 0 Å². The molecule has 1 heterocycles. The number of nitrogens with one attached hydrogen (secondary N) is 1. The van der Waals surface area contributed by atoms with E-state index < -0.39 is 15.8 Å². The molecule has 0 saturated heterocycles. The second kappa shape index (κ2) is 5.87. The van der Waals surface area contributed by atoms with Gasteiger partial charge in [0.05, 0.1) is 11.4 Å². The summed E-state index contributed by atoms with van der Waals surface area (Å²) in [6.45, 7) is 0. The molecular formula is C13H14FN3O2S. The third kappa shape index (κ3) is 3.67. The van der Waals surface area contributed by atoms with Gasteiger partial charge in [-0.1, -0.05) is 6.07 Å².